The molecule has 33 heavy (non-hydrogen) atoms. The Morgan fingerprint density at radius 1 is 0.939 bits per heavy atom. The molecule has 1 aromatic carbocycles. The molecule has 9 heteroatoms. The summed E-state index contributed by atoms with van der Waals surface area (Å²) in [7, 11) is 0. The van der Waals surface area contributed by atoms with E-state index in [1.807, 2.05) is 34.9 Å². The van der Waals surface area contributed by atoms with Gasteiger partial charge >= 0.3 is 6.03 Å². The second kappa shape index (κ2) is 8.82. The van der Waals surface area contributed by atoms with E-state index in [0.29, 0.717) is 30.4 Å². The Morgan fingerprint density at radius 3 is 2.36 bits per heavy atom. The third-order valence-corrected chi connectivity index (χ3v) is 6.37. The first-order chi connectivity index (χ1) is 16.0. The number of rotatable bonds is 5. The average Bonchev–Trinajstić information content (AvgIpc) is 3.47. The number of aliphatic hydroxyl groups is 1. The maximum absolute atomic E-state index is 13.2. The van der Waals surface area contributed by atoms with Crippen molar-refractivity contribution in [1.82, 2.24) is 19.7 Å². The number of amides is 2. The summed E-state index contributed by atoms with van der Waals surface area (Å²) in [5.74, 6) is 1.30. The third kappa shape index (κ3) is 4.16. The van der Waals surface area contributed by atoms with Crippen LogP contribution >= 0.6 is 0 Å². The molecule has 2 aliphatic heterocycles. The summed E-state index contributed by atoms with van der Waals surface area (Å²) in [6, 6.07) is 13.9. The van der Waals surface area contributed by atoms with Crippen LogP contribution in [0.5, 0.6) is 0 Å². The lowest BCUT2D eigenvalue weighted by Gasteiger charge is -2.31. The number of urea groups is 1. The second-order valence-corrected chi connectivity index (χ2v) is 8.86. The molecule has 0 radical (unpaired) electrons. The van der Waals surface area contributed by atoms with Gasteiger partial charge < -0.3 is 14.6 Å². The van der Waals surface area contributed by atoms with Crippen LogP contribution in [0.4, 0.5) is 22.0 Å². The van der Waals surface area contributed by atoms with Crippen LogP contribution in [0, 0.1) is 0 Å². The maximum atomic E-state index is 13.2. The van der Waals surface area contributed by atoms with Crippen molar-refractivity contribution in [2.75, 3.05) is 40.9 Å². The van der Waals surface area contributed by atoms with Crippen LogP contribution in [0.2, 0.25) is 0 Å². The van der Waals surface area contributed by atoms with Crippen molar-refractivity contribution in [1.29, 1.82) is 0 Å². The van der Waals surface area contributed by atoms with E-state index in [-0.39, 0.29) is 18.2 Å². The van der Waals surface area contributed by atoms with E-state index >= 15 is 0 Å². The van der Waals surface area contributed by atoms with Crippen molar-refractivity contribution in [3.63, 3.8) is 0 Å². The molecular weight excluding hydrogens is 418 g/mol. The molecule has 0 spiro atoms. The Bertz CT molecular complexity index is 1120. The molecule has 9 nitrogen and oxygen atoms in total. The van der Waals surface area contributed by atoms with Gasteiger partial charge in [-0.1, -0.05) is 6.07 Å². The van der Waals surface area contributed by atoms with E-state index in [1.165, 1.54) is 0 Å². The second-order valence-electron chi connectivity index (χ2n) is 8.86. The summed E-state index contributed by atoms with van der Waals surface area (Å²) in [6.07, 6.45) is 3.09. The lowest BCUT2D eigenvalue weighted by molar-refractivity contribution is 0.145. The van der Waals surface area contributed by atoms with Crippen molar-refractivity contribution in [2.24, 2.45) is 0 Å². The van der Waals surface area contributed by atoms with Gasteiger partial charge in [-0.25, -0.2) is 9.78 Å². The highest BCUT2D eigenvalue weighted by Gasteiger charge is 2.32. The molecule has 5 rings (SSSR count). The zero-order chi connectivity index (χ0) is 22.9. The Hall–Kier alpha value is -3.46. The zero-order valence-corrected chi connectivity index (χ0v) is 19.0. The monoisotopic (exact) mass is 447 g/mol. The van der Waals surface area contributed by atoms with Crippen molar-refractivity contribution in [3.8, 4) is 11.5 Å². The highest BCUT2D eigenvalue weighted by Crippen LogP contribution is 2.28. The van der Waals surface area contributed by atoms with Crippen LogP contribution in [0.25, 0.3) is 11.5 Å². The van der Waals surface area contributed by atoms with Gasteiger partial charge in [0.25, 0.3) is 0 Å². The summed E-state index contributed by atoms with van der Waals surface area (Å²) in [6.45, 7) is 7.00. The topological polar surface area (TPSA) is 90.6 Å². The number of carbonyl (C=O) groups excluding carboxylic acids is 1. The molecule has 0 saturated carbocycles. The van der Waals surface area contributed by atoms with Crippen LogP contribution in [0.1, 0.15) is 32.7 Å². The quantitative estimate of drug-likeness (QED) is 0.645. The summed E-state index contributed by atoms with van der Waals surface area (Å²) in [4.78, 5) is 23.7. The fraction of sp³-hybridized carbons (Fsp3) is 0.417. The molecule has 172 valence electrons. The van der Waals surface area contributed by atoms with Gasteiger partial charge in [-0.05, 0) is 63.1 Å². The van der Waals surface area contributed by atoms with Crippen LogP contribution in [0.3, 0.4) is 0 Å². The zero-order valence-electron chi connectivity index (χ0n) is 19.0. The van der Waals surface area contributed by atoms with Crippen molar-refractivity contribution in [3.05, 3.63) is 48.8 Å². The molecule has 2 aliphatic rings. The van der Waals surface area contributed by atoms with Gasteiger partial charge in [-0.15, -0.1) is 10.2 Å². The van der Waals surface area contributed by atoms with E-state index in [0.717, 1.165) is 37.3 Å². The Balaban J connectivity index is 1.32. The van der Waals surface area contributed by atoms with Crippen molar-refractivity contribution in [2.45, 2.75) is 38.8 Å². The molecule has 2 amide bonds. The van der Waals surface area contributed by atoms with Gasteiger partial charge in [-0.3, -0.25) is 9.80 Å². The van der Waals surface area contributed by atoms with Gasteiger partial charge in [0.1, 0.15) is 17.8 Å². The standard InChI is InChI=1S/C24H29N7O2/c1-17(2)31-16-25-27-23(31)21-4-3-5-22(26-21)30-15-14-29(24(30)33)19-8-6-18(7-9-19)28-12-10-20(32)11-13-28/h3-9,16-17,20,32H,10-15H2,1-2H3. The lowest BCUT2D eigenvalue weighted by atomic mass is 10.1. The molecule has 2 aromatic heterocycles. The number of anilines is 3. The molecule has 2 saturated heterocycles. The number of hydrogen-bond acceptors (Lipinski definition) is 6. The number of hydrogen-bond donors (Lipinski definition) is 1. The highest BCUT2D eigenvalue weighted by atomic mass is 16.3. The first-order valence-corrected chi connectivity index (χ1v) is 11.5. The van der Waals surface area contributed by atoms with E-state index in [1.54, 1.807) is 16.1 Å². The predicted molar refractivity (Wildman–Crippen MR) is 128 cm³/mol. The smallest absolute Gasteiger partial charge is 0.330 e. The largest absolute Gasteiger partial charge is 0.393 e. The van der Waals surface area contributed by atoms with Crippen LogP contribution in [0.15, 0.2) is 48.8 Å². The normalized spacial score (nSPS) is 17.5. The van der Waals surface area contributed by atoms with Crippen LogP contribution < -0.4 is 14.7 Å². The number of benzene rings is 1. The molecule has 0 bridgehead atoms. The van der Waals surface area contributed by atoms with E-state index in [9.17, 15) is 9.90 Å². The number of carbonyl (C=O) groups is 1. The van der Waals surface area contributed by atoms with Crippen LogP contribution in [-0.4, -0.2) is 63.2 Å². The van der Waals surface area contributed by atoms with E-state index in [4.69, 9.17) is 4.98 Å². The minimum Gasteiger partial charge on any atom is -0.393 e. The first-order valence-electron chi connectivity index (χ1n) is 11.5. The lowest BCUT2D eigenvalue weighted by Crippen LogP contribution is -2.35. The first kappa shape index (κ1) is 21.4. The number of pyridine rings is 1. The summed E-state index contributed by atoms with van der Waals surface area (Å²) in [5.41, 5.74) is 2.69. The Morgan fingerprint density at radius 2 is 1.64 bits per heavy atom. The van der Waals surface area contributed by atoms with Gasteiger partial charge in [0.2, 0.25) is 0 Å². The number of nitrogens with zero attached hydrogens (tertiary/aromatic N) is 7. The third-order valence-electron chi connectivity index (χ3n) is 6.37. The highest BCUT2D eigenvalue weighted by molar-refractivity contribution is 6.05. The average molecular weight is 448 g/mol. The predicted octanol–water partition coefficient (Wildman–Crippen LogP) is 3.33. The van der Waals surface area contributed by atoms with Crippen molar-refractivity contribution >= 4 is 23.2 Å². The van der Waals surface area contributed by atoms with Gasteiger partial charge in [0, 0.05) is 43.6 Å². The van der Waals surface area contributed by atoms with Gasteiger partial charge in [-0.2, -0.15) is 0 Å². The molecule has 3 aromatic rings. The number of aromatic nitrogens is 4. The summed E-state index contributed by atoms with van der Waals surface area (Å²) >= 11 is 0. The minimum absolute atomic E-state index is 0.0844. The fourth-order valence-corrected chi connectivity index (χ4v) is 4.46. The molecular formula is C24H29N7O2. The summed E-state index contributed by atoms with van der Waals surface area (Å²) < 4.78 is 1.97. The van der Waals surface area contributed by atoms with Crippen molar-refractivity contribution < 1.29 is 9.90 Å². The minimum atomic E-state index is -0.192. The molecule has 1 N–H and O–H groups in total. The number of piperidine rings is 1. The summed E-state index contributed by atoms with van der Waals surface area (Å²) in [5, 5.41) is 18.0. The number of aliphatic hydroxyl groups excluding tert-OH is 1. The molecule has 4 heterocycles. The molecule has 0 unspecified atom stereocenters. The Kier molecular flexibility index (Phi) is 5.72. The maximum Gasteiger partial charge on any atom is 0.330 e. The van der Waals surface area contributed by atoms with E-state index in [2.05, 4.69) is 41.1 Å². The molecule has 0 aliphatic carbocycles. The fourth-order valence-electron chi connectivity index (χ4n) is 4.46. The van der Waals surface area contributed by atoms with Gasteiger partial charge in [0.05, 0.1) is 6.10 Å². The SMILES string of the molecule is CC(C)n1cnnc1-c1cccc(N2CCN(c3ccc(N4CCC(O)CC4)cc3)C2=O)n1. The van der Waals surface area contributed by atoms with E-state index < -0.39 is 0 Å². The van der Waals surface area contributed by atoms with Gasteiger partial charge in [0.15, 0.2) is 5.82 Å². The molecule has 2 fully saturated rings. The van der Waals surface area contributed by atoms with Crippen LogP contribution in [-0.2, 0) is 0 Å². The molecule has 0 atom stereocenters. The Labute approximate surface area is 193 Å².